The Morgan fingerprint density at radius 2 is 2.25 bits per heavy atom. The highest BCUT2D eigenvalue weighted by atomic mass is 79.9. The van der Waals surface area contributed by atoms with Crippen LogP contribution in [0.2, 0.25) is 0 Å². The smallest absolute Gasteiger partial charge is 0.144 e. The average Bonchev–Trinajstić information content (AvgIpc) is 2.77. The molecule has 2 rings (SSSR count). The highest BCUT2D eigenvalue weighted by Gasteiger charge is 2.10. The Labute approximate surface area is 110 Å². The van der Waals surface area contributed by atoms with Gasteiger partial charge in [0.1, 0.15) is 10.8 Å². The molecular weight excluding hydrogens is 306 g/mol. The largest absolute Gasteiger partial charge is 0.299 e. The van der Waals surface area contributed by atoms with Crippen LogP contribution in [0.4, 0.5) is 0 Å². The van der Waals surface area contributed by atoms with Crippen LogP contribution in [0.25, 0.3) is 0 Å². The van der Waals surface area contributed by atoms with E-state index in [2.05, 4.69) is 20.9 Å². The first kappa shape index (κ1) is 12.0. The molecule has 84 valence electrons. The molecule has 0 saturated carbocycles. The van der Waals surface area contributed by atoms with Crippen LogP contribution in [-0.2, 0) is 17.6 Å². The fourth-order valence-corrected chi connectivity index (χ4v) is 3.67. The van der Waals surface area contributed by atoms with Gasteiger partial charge in [0.25, 0.3) is 0 Å². The van der Waals surface area contributed by atoms with E-state index in [1.807, 2.05) is 23.8 Å². The summed E-state index contributed by atoms with van der Waals surface area (Å²) in [5.41, 5.74) is 0.991. The summed E-state index contributed by atoms with van der Waals surface area (Å²) in [6.45, 7) is 1.94. The Morgan fingerprint density at radius 3 is 2.81 bits per heavy atom. The maximum atomic E-state index is 11.8. The van der Waals surface area contributed by atoms with Gasteiger partial charge in [-0.3, -0.25) is 4.79 Å². The van der Waals surface area contributed by atoms with E-state index in [9.17, 15) is 4.79 Å². The van der Waals surface area contributed by atoms with Gasteiger partial charge in [0, 0.05) is 26.8 Å². The first-order valence-corrected chi connectivity index (χ1v) is 7.35. The van der Waals surface area contributed by atoms with Crippen LogP contribution in [0.3, 0.4) is 0 Å². The first-order chi connectivity index (χ1) is 7.65. The fraction of sp³-hybridized carbons (Fsp3) is 0.273. The van der Waals surface area contributed by atoms with Gasteiger partial charge >= 0.3 is 0 Å². The van der Waals surface area contributed by atoms with Crippen molar-refractivity contribution in [2.24, 2.45) is 0 Å². The van der Waals surface area contributed by atoms with Crippen LogP contribution < -0.4 is 0 Å². The van der Waals surface area contributed by atoms with Crippen molar-refractivity contribution in [3.63, 3.8) is 0 Å². The quantitative estimate of drug-likeness (QED) is 0.862. The number of thiazole rings is 1. The van der Waals surface area contributed by atoms with Gasteiger partial charge in [-0.25, -0.2) is 4.98 Å². The lowest BCUT2D eigenvalue weighted by atomic mass is 10.2. The van der Waals surface area contributed by atoms with Crippen molar-refractivity contribution < 1.29 is 4.79 Å². The third-order valence-corrected chi connectivity index (χ3v) is 4.96. The maximum Gasteiger partial charge on any atom is 0.144 e. The van der Waals surface area contributed by atoms with Crippen molar-refractivity contribution in [2.75, 3.05) is 0 Å². The van der Waals surface area contributed by atoms with Gasteiger partial charge in [0.2, 0.25) is 0 Å². The molecule has 0 atom stereocenters. The standard InChI is InChI=1S/C11H10BrNOS2/c1-7-6-16-11(13-7)5-8(14)4-10-9(12)2-3-15-10/h2-3,6H,4-5H2,1H3. The monoisotopic (exact) mass is 315 g/mol. The zero-order valence-corrected chi connectivity index (χ0v) is 11.9. The molecule has 2 aromatic rings. The summed E-state index contributed by atoms with van der Waals surface area (Å²) in [6, 6.07) is 1.97. The summed E-state index contributed by atoms with van der Waals surface area (Å²) in [5, 5.41) is 4.87. The summed E-state index contributed by atoms with van der Waals surface area (Å²) < 4.78 is 1.03. The van der Waals surface area contributed by atoms with Crippen molar-refractivity contribution in [1.29, 1.82) is 0 Å². The van der Waals surface area contributed by atoms with E-state index in [4.69, 9.17) is 0 Å². The highest BCUT2D eigenvalue weighted by molar-refractivity contribution is 9.10. The molecule has 5 heteroatoms. The van der Waals surface area contributed by atoms with Crippen molar-refractivity contribution in [1.82, 2.24) is 4.98 Å². The van der Waals surface area contributed by atoms with Gasteiger partial charge in [0.15, 0.2) is 0 Å². The predicted molar refractivity (Wildman–Crippen MR) is 71.3 cm³/mol. The lowest BCUT2D eigenvalue weighted by Crippen LogP contribution is -2.05. The topological polar surface area (TPSA) is 30.0 Å². The number of thiophene rings is 1. The molecule has 0 spiro atoms. The summed E-state index contributed by atoms with van der Waals surface area (Å²) in [5.74, 6) is 0.220. The van der Waals surface area contributed by atoms with Gasteiger partial charge < -0.3 is 0 Å². The molecule has 16 heavy (non-hydrogen) atoms. The molecule has 0 bridgehead atoms. The summed E-state index contributed by atoms with van der Waals surface area (Å²) in [7, 11) is 0. The SMILES string of the molecule is Cc1csc(CC(=O)Cc2sccc2Br)n1. The van der Waals surface area contributed by atoms with Gasteiger partial charge in [-0.1, -0.05) is 0 Å². The van der Waals surface area contributed by atoms with Crippen LogP contribution in [0.1, 0.15) is 15.6 Å². The molecule has 0 aromatic carbocycles. The lowest BCUT2D eigenvalue weighted by molar-refractivity contribution is -0.117. The van der Waals surface area contributed by atoms with E-state index in [0.29, 0.717) is 12.8 Å². The number of hydrogen-bond donors (Lipinski definition) is 0. The number of carbonyl (C=O) groups excluding carboxylic acids is 1. The van der Waals surface area contributed by atoms with Crippen molar-refractivity contribution in [2.45, 2.75) is 19.8 Å². The van der Waals surface area contributed by atoms with Crippen molar-refractivity contribution >= 4 is 44.4 Å². The molecule has 0 saturated heterocycles. The second-order valence-electron chi connectivity index (χ2n) is 3.47. The molecular formula is C11H10BrNOS2. The molecule has 0 aliphatic rings. The average molecular weight is 316 g/mol. The van der Waals surface area contributed by atoms with E-state index < -0.39 is 0 Å². The van der Waals surface area contributed by atoms with Crippen LogP contribution in [0.5, 0.6) is 0 Å². The van der Waals surface area contributed by atoms with E-state index in [0.717, 1.165) is 20.1 Å². The van der Waals surface area contributed by atoms with E-state index in [-0.39, 0.29) is 5.78 Å². The Balaban J connectivity index is 1.97. The molecule has 0 N–H and O–H groups in total. The summed E-state index contributed by atoms with van der Waals surface area (Å²) in [6.07, 6.45) is 0.944. The Bertz CT molecular complexity index is 504. The molecule has 2 aromatic heterocycles. The van der Waals surface area contributed by atoms with E-state index >= 15 is 0 Å². The van der Waals surface area contributed by atoms with Crippen molar-refractivity contribution in [3.05, 3.63) is 36.9 Å². The van der Waals surface area contributed by atoms with E-state index in [1.165, 1.54) is 0 Å². The minimum Gasteiger partial charge on any atom is -0.299 e. The normalized spacial score (nSPS) is 10.6. The van der Waals surface area contributed by atoms with Gasteiger partial charge in [-0.15, -0.1) is 22.7 Å². The molecule has 0 aliphatic heterocycles. The maximum absolute atomic E-state index is 11.8. The number of aryl methyl sites for hydroxylation is 1. The Hall–Kier alpha value is -0.520. The van der Waals surface area contributed by atoms with Gasteiger partial charge in [0.05, 0.1) is 6.42 Å². The minimum atomic E-state index is 0.220. The highest BCUT2D eigenvalue weighted by Crippen LogP contribution is 2.23. The zero-order chi connectivity index (χ0) is 11.5. The first-order valence-electron chi connectivity index (χ1n) is 4.79. The molecule has 0 amide bonds. The lowest BCUT2D eigenvalue weighted by Gasteiger charge is -1.97. The third kappa shape index (κ3) is 2.99. The van der Waals surface area contributed by atoms with Crippen LogP contribution in [0.15, 0.2) is 21.3 Å². The number of halogens is 1. The Kier molecular flexibility index (Phi) is 3.89. The number of carbonyl (C=O) groups is 1. The molecule has 0 aliphatic carbocycles. The number of Topliss-reactive ketones (excluding diaryl/α,β-unsaturated/α-hetero) is 1. The number of aromatic nitrogens is 1. The molecule has 2 heterocycles. The molecule has 0 unspecified atom stereocenters. The second-order valence-corrected chi connectivity index (χ2v) is 6.26. The van der Waals surface area contributed by atoms with E-state index in [1.54, 1.807) is 22.7 Å². The Morgan fingerprint density at radius 1 is 1.44 bits per heavy atom. The fourth-order valence-electron chi connectivity index (χ4n) is 1.35. The molecule has 0 fully saturated rings. The molecule has 0 radical (unpaired) electrons. The van der Waals surface area contributed by atoms with Crippen LogP contribution >= 0.6 is 38.6 Å². The third-order valence-electron chi connectivity index (χ3n) is 2.06. The zero-order valence-electron chi connectivity index (χ0n) is 8.70. The van der Waals surface area contributed by atoms with Crippen LogP contribution in [-0.4, -0.2) is 10.8 Å². The molecule has 2 nitrogen and oxygen atoms in total. The number of rotatable bonds is 4. The van der Waals surface area contributed by atoms with Crippen molar-refractivity contribution in [3.8, 4) is 0 Å². The number of ketones is 1. The second kappa shape index (κ2) is 5.21. The summed E-state index contributed by atoms with van der Waals surface area (Å²) in [4.78, 5) is 17.2. The van der Waals surface area contributed by atoms with Gasteiger partial charge in [-0.2, -0.15) is 0 Å². The summed E-state index contributed by atoms with van der Waals surface area (Å²) >= 11 is 6.59. The number of hydrogen-bond acceptors (Lipinski definition) is 4. The number of nitrogens with zero attached hydrogens (tertiary/aromatic N) is 1. The van der Waals surface area contributed by atoms with Crippen LogP contribution in [0, 0.1) is 6.92 Å². The minimum absolute atomic E-state index is 0.220. The van der Waals surface area contributed by atoms with Gasteiger partial charge in [-0.05, 0) is 34.3 Å². The predicted octanol–water partition coefficient (Wildman–Crippen LogP) is 3.63.